The molecule has 0 aliphatic heterocycles. The molecule has 0 saturated heterocycles. The lowest BCUT2D eigenvalue weighted by Gasteiger charge is -2.12. The van der Waals surface area contributed by atoms with E-state index in [1.807, 2.05) is 13.8 Å². The maximum absolute atomic E-state index is 11.6. The van der Waals surface area contributed by atoms with Gasteiger partial charge in [-0.1, -0.05) is 19.1 Å². The van der Waals surface area contributed by atoms with Gasteiger partial charge in [-0.05, 0) is 25.5 Å². The minimum Gasteiger partial charge on any atom is -0.483 e. The van der Waals surface area contributed by atoms with Crippen LogP contribution < -0.4 is 15.4 Å². The zero-order chi connectivity index (χ0) is 16.5. The molecule has 120 valence electrons. The first kappa shape index (κ1) is 17.5. The van der Waals surface area contributed by atoms with Gasteiger partial charge >= 0.3 is 12.0 Å². The molecule has 0 saturated carbocycles. The van der Waals surface area contributed by atoms with Crippen LogP contribution in [0.25, 0.3) is 0 Å². The number of hydrogen-bond acceptors (Lipinski definition) is 5. The number of imide groups is 1. The van der Waals surface area contributed by atoms with Crippen molar-refractivity contribution >= 4 is 17.9 Å². The summed E-state index contributed by atoms with van der Waals surface area (Å²) in [6, 6.07) is 5.76. The van der Waals surface area contributed by atoms with Crippen molar-refractivity contribution in [1.82, 2.24) is 10.6 Å². The van der Waals surface area contributed by atoms with E-state index in [9.17, 15) is 14.4 Å². The second-order valence-corrected chi connectivity index (χ2v) is 4.61. The number of methoxy groups -OCH3 is 1. The number of rotatable bonds is 6. The molecule has 0 heterocycles. The summed E-state index contributed by atoms with van der Waals surface area (Å²) in [5.74, 6) is -0.960. The number of urea groups is 1. The second-order valence-electron chi connectivity index (χ2n) is 4.61. The highest BCUT2D eigenvalue weighted by Gasteiger charge is 2.14. The molecule has 7 nitrogen and oxygen atoms in total. The Kier molecular flexibility index (Phi) is 6.88. The van der Waals surface area contributed by atoms with Crippen LogP contribution in [0.3, 0.4) is 0 Å². The van der Waals surface area contributed by atoms with Gasteiger partial charge < -0.3 is 14.8 Å². The van der Waals surface area contributed by atoms with Gasteiger partial charge in [0.1, 0.15) is 11.3 Å². The van der Waals surface area contributed by atoms with E-state index in [1.165, 1.54) is 13.2 Å². The predicted molar refractivity (Wildman–Crippen MR) is 79.7 cm³/mol. The third-order valence-electron chi connectivity index (χ3n) is 2.89. The summed E-state index contributed by atoms with van der Waals surface area (Å²) in [4.78, 5) is 34.7. The molecule has 1 atom stereocenters. The second kappa shape index (κ2) is 8.66. The summed E-state index contributed by atoms with van der Waals surface area (Å²) in [5, 5.41) is 4.74. The molecule has 0 aromatic heterocycles. The van der Waals surface area contributed by atoms with Crippen molar-refractivity contribution in [2.75, 3.05) is 13.7 Å². The Morgan fingerprint density at radius 1 is 1.23 bits per heavy atom. The smallest absolute Gasteiger partial charge is 0.341 e. The fourth-order valence-corrected chi connectivity index (χ4v) is 1.54. The van der Waals surface area contributed by atoms with E-state index in [0.717, 1.165) is 6.42 Å². The lowest BCUT2D eigenvalue weighted by Crippen LogP contribution is -2.44. The van der Waals surface area contributed by atoms with Gasteiger partial charge in [-0.3, -0.25) is 10.1 Å². The lowest BCUT2D eigenvalue weighted by atomic mass is 10.2. The molecule has 1 aromatic carbocycles. The number of carbonyl (C=O) groups excluding carboxylic acids is 3. The molecule has 1 aromatic rings. The van der Waals surface area contributed by atoms with Crippen molar-refractivity contribution in [3.05, 3.63) is 29.8 Å². The Bertz CT molecular complexity index is 544. The van der Waals surface area contributed by atoms with Gasteiger partial charge in [0.2, 0.25) is 0 Å². The highest BCUT2D eigenvalue weighted by Crippen LogP contribution is 2.18. The lowest BCUT2D eigenvalue weighted by molar-refractivity contribution is -0.122. The summed E-state index contributed by atoms with van der Waals surface area (Å²) in [6.07, 6.45) is 0.755. The van der Waals surface area contributed by atoms with Crippen molar-refractivity contribution in [3.8, 4) is 5.75 Å². The van der Waals surface area contributed by atoms with E-state index in [4.69, 9.17) is 4.74 Å². The molecule has 2 N–H and O–H groups in total. The number of carbonyl (C=O) groups is 3. The Hall–Kier alpha value is -2.57. The molecule has 0 aliphatic carbocycles. The molecule has 0 bridgehead atoms. The molecule has 0 unspecified atom stereocenters. The van der Waals surface area contributed by atoms with Gasteiger partial charge in [0.15, 0.2) is 6.61 Å². The molecule has 0 radical (unpaired) electrons. The minimum atomic E-state index is -0.611. The van der Waals surface area contributed by atoms with Crippen LogP contribution in [0.1, 0.15) is 30.6 Å². The summed E-state index contributed by atoms with van der Waals surface area (Å²) in [7, 11) is 1.26. The van der Waals surface area contributed by atoms with Gasteiger partial charge in [0.05, 0.1) is 7.11 Å². The summed E-state index contributed by atoms with van der Waals surface area (Å²) >= 11 is 0. The predicted octanol–water partition coefficient (Wildman–Crippen LogP) is 1.48. The van der Waals surface area contributed by atoms with Crippen LogP contribution >= 0.6 is 0 Å². The first-order valence-corrected chi connectivity index (χ1v) is 6.88. The number of ether oxygens (including phenoxy) is 2. The highest BCUT2D eigenvalue weighted by atomic mass is 16.5. The number of esters is 1. The third kappa shape index (κ3) is 5.43. The molecule has 0 fully saturated rings. The van der Waals surface area contributed by atoms with Crippen molar-refractivity contribution in [2.45, 2.75) is 26.3 Å². The van der Waals surface area contributed by atoms with Crippen molar-refractivity contribution in [2.24, 2.45) is 0 Å². The largest absolute Gasteiger partial charge is 0.483 e. The standard InChI is InChI=1S/C15H20N2O5/c1-4-10(2)16-15(20)17-13(18)9-22-12-8-6-5-7-11(12)14(19)21-3/h5-8,10H,4,9H2,1-3H3,(H2,16,17,18,20)/t10-/m0/s1. The molecule has 1 rings (SSSR count). The maximum atomic E-state index is 11.6. The number of para-hydroxylation sites is 1. The van der Waals surface area contributed by atoms with Crippen LogP contribution in [-0.4, -0.2) is 37.7 Å². The molecule has 0 spiro atoms. The maximum Gasteiger partial charge on any atom is 0.341 e. The van der Waals surface area contributed by atoms with Crippen molar-refractivity contribution in [3.63, 3.8) is 0 Å². The van der Waals surface area contributed by atoms with Gasteiger partial charge in [-0.2, -0.15) is 0 Å². The van der Waals surface area contributed by atoms with Crippen LogP contribution in [0.4, 0.5) is 4.79 Å². The Morgan fingerprint density at radius 2 is 1.91 bits per heavy atom. The number of hydrogen-bond donors (Lipinski definition) is 2. The highest BCUT2D eigenvalue weighted by molar-refractivity contribution is 5.95. The molecule has 7 heteroatoms. The van der Waals surface area contributed by atoms with Gasteiger partial charge in [-0.25, -0.2) is 9.59 Å². The topological polar surface area (TPSA) is 93.7 Å². The van der Waals surface area contributed by atoms with E-state index in [0.29, 0.717) is 0 Å². The van der Waals surface area contributed by atoms with Crippen LogP contribution in [0.2, 0.25) is 0 Å². The Morgan fingerprint density at radius 3 is 2.55 bits per heavy atom. The fraction of sp³-hybridized carbons (Fsp3) is 0.400. The molecule has 0 aliphatic rings. The quantitative estimate of drug-likeness (QED) is 0.776. The van der Waals surface area contributed by atoms with E-state index >= 15 is 0 Å². The van der Waals surface area contributed by atoms with Crippen LogP contribution in [0, 0.1) is 0 Å². The van der Waals surface area contributed by atoms with E-state index < -0.39 is 17.9 Å². The zero-order valence-corrected chi connectivity index (χ0v) is 12.8. The summed E-state index contributed by atoms with van der Waals surface area (Å²) in [6.45, 7) is 3.36. The monoisotopic (exact) mass is 308 g/mol. The Labute approximate surface area is 129 Å². The van der Waals surface area contributed by atoms with Crippen molar-refractivity contribution in [1.29, 1.82) is 0 Å². The first-order valence-electron chi connectivity index (χ1n) is 6.88. The van der Waals surface area contributed by atoms with Crippen LogP contribution in [-0.2, 0) is 9.53 Å². The zero-order valence-electron chi connectivity index (χ0n) is 12.8. The van der Waals surface area contributed by atoms with Gasteiger partial charge in [0.25, 0.3) is 5.91 Å². The first-order chi connectivity index (χ1) is 10.5. The molecular formula is C15H20N2O5. The molecule has 22 heavy (non-hydrogen) atoms. The SMILES string of the molecule is CC[C@H](C)NC(=O)NC(=O)COc1ccccc1C(=O)OC. The van der Waals surface area contributed by atoms with Gasteiger partial charge in [0, 0.05) is 6.04 Å². The summed E-state index contributed by atoms with van der Waals surface area (Å²) < 4.78 is 9.88. The van der Waals surface area contributed by atoms with Crippen LogP contribution in [0.15, 0.2) is 24.3 Å². The van der Waals surface area contributed by atoms with E-state index in [-0.39, 0.29) is 24.0 Å². The normalized spacial score (nSPS) is 11.2. The number of benzene rings is 1. The average Bonchev–Trinajstić information content (AvgIpc) is 2.52. The van der Waals surface area contributed by atoms with E-state index in [1.54, 1.807) is 18.2 Å². The van der Waals surface area contributed by atoms with Gasteiger partial charge in [-0.15, -0.1) is 0 Å². The van der Waals surface area contributed by atoms with Crippen molar-refractivity contribution < 1.29 is 23.9 Å². The third-order valence-corrected chi connectivity index (χ3v) is 2.89. The van der Waals surface area contributed by atoms with E-state index in [2.05, 4.69) is 15.4 Å². The fourth-order valence-electron chi connectivity index (χ4n) is 1.54. The average molecular weight is 308 g/mol. The minimum absolute atomic E-state index is 0.0335. The molecule has 3 amide bonds. The summed E-state index contributed by atoms with van der Waals surface area (Å²) in [5.41, 5.74) is 0.210. The van der Waals surface area contributed by atoms with Crippen LogP contribution in [0.5, 0.6) is 5.75 Å². The number of nitrogens with one attached hydrogen (secondary N) is 2. The Balaban J connectivity index is 2.54. The number of amides is 3. The molecular weight excluding hydrogens is 288 g/mol.